The molecular formula is C16H18N2O2S. The summed E-state index contributed by atoms with van der Waals surface area (Å²) in [5, 5.41) is 0. The van der Waals surface area contributed by atoms with Gasteiger partial charge in [0.1, 0.15) is 0 Å². The molecule has 1 aromatic heterocycles. The molecule has 110 valence electrons. The normalized spacial score (nSPS) is 10.2. The van der Waals surface area contributed by atoms with E-state index in [0.29, 0.717) is 11.1 Å². The van der Waals surface area contributed by atoms with Gasteiger partial charge >= 0.3 is 0 Å². The quantitative estimate of drug-likeness (QED) is 0.856. The van der Waals surface area contributed by atoms with Crippen molar-refractivity contribution in [2.45, 2.75) is 27.2 Å². The predicted octanol–water partition coefficient (Wildman–Crippen LogP) is 3.00. The van der Waals surface area contributed by atoms with E-state index in [4.69, 9.17) is 0 Å². The number of amides is 2. The van der Waals surface area contributed by atoms with Crippen LogP contribution in [-0.4, -0.2) is 11.8 Å². The van der Waals surface area contributed by atoms with Gasteiger partial charge in [-0.1, -0.05) is 19.1 Å². The zero-order valence-corrected chi connectivity index (χ0v) is 13.1. The Morgan fingerprint density at radius 1 is 1.05 bits per heavy atom. The maximum Gasteiger partial charge on any atom is 0.270 e. The molecule has 0 fully saturated rings. The molecule has 0 spiro atoms. The highest BCUT2D eigenvalue weighted by Gasteiger charge is 2.13. The van der Waals surface area contributed by atoms with E-state index in [9.17, 15) is 9.59 Å². The van der Waals surface area contributed by atoms with Crippen molar-refractivity contribution in [3.63, 3.8) is 0 Å². The molecule has 0 radical (unpaired) electrons. The molecule has 5 heteroatoms. The summed E-state index contributed by atoms with van der Waals surface area (Å²) in [6.07, 6.45) is 0.926. The standard InChI is InChI=1S/C16H18N2O2S/c1-4-12-5-7-13(8-6-12)15(19)17-18-16(20)14-9-10(2)21-11(14)3/h5-9H,4H2,1-3H3,(H,17,19)(H,18,20). The first kappa shape index (κ1) is 15.3. The Hall–Kier alpha value is -2.14. The summed E-state index contributed by atoms with van der Waals surface area (Å²) in [6.45, 7) is 5.89. The number of rotatable bonds is 3. The van der Waals surface area contributed by atoms with E-state index in [2.05, 4.69) is 17.8 Å². The summed E-state index contributed by atoms with van der Waals surface area (Å²) in [5.74, 6) is -0.619. The lowest BCUT2D eigenvalue weighted by Gasteiger charge is -2.07. The van der Waals surface area contributed by atoms with Crippen LogP contribution in [-0.2, 0) is 6.42 Å². The van der Waals surface area contributed by atoms with Crippen LogP contribution in [0.15, 0.2) is 30.3 Å². The minimum atomic E-state index is -0.324. The molecule has 21 heavy (non-hydrogen) atoms. The van der Waals surface area contributed by atoms with Crippen LogP contribution < -0.4 is 10.9 Å². The van der Waals surface area contributed by atoms with Gasteiger partial charge < -0.3 is 0 Å². The minimum absolute atomic E-state index is 0.296. The monoisotopic (exact) mass is 302 g/mol. The van der Waals surface area contributed by atoms with Crippen molar-refractivity contribution in [1.29, 1.82) is 0 Å². The van der Waals surface area contributed by atoms with Crippen LogP contribution in [0.2, 0.25) is 0 Å². The number of nitrogens with one attached hydrogen (secondary N) is 2. The smallest absolute Gasteiger partial charge is 0.267 e. The van der Waals surface area contributed by atoms with Gasteiger partial charge in [-0.25, -0.2) is 0 Å². The first-order valence-electron chi connectivity index (χ1n) is 6.78. The fourth-order valence-electron chi connectivity index (χ4n) is 2.00. The zero-order chi connectivity index (χ0) is 15.4. The van der Waals surface area contributed by atoms with E-state index in [1.807, 2.05) is 32.0 Å². The molecule has 0 saturated heterocycles. The summed E-state index contributed by atoms with van der Waals surface area (Å²) >= 11 is 1.56. The third kappa shape index (κ3) is 3.70. The summed E-state index contributed by atoms with van der Waals surface area (Å²) in [6, 6.07) is 9.13. The van der Waals surface area contributed by atoms with Gasteiger partial charge in [0, 0.05) is 15.3 Å². The van der Waals surface area contributed by atoms with Crippen LogP contribution in [0, 0.1) is 13.8 Å². The van der Waals surface area contributed by atoms with E-state index in [1.165, 1.54) is 5.56 Å². The zero-order valence-electron chi connectivity index (χ0n) is 12.3. The van der Waals surface area contributed by atoms with Gasteiger partial charge in [-0.2, -0.15) is 0 Å². The average Bonchev–Trinajstić information content (AvgIpc) is 2.83. The van der Waals surface area contributed by atoms with Gasteiger partial charge in [0.15, 0.2) is 0 Å². The van der Waals surface area contributed by atoms with E-state index in [0.717, 1.165) is 16.2 Å². The maximum atomic E-state index is 12.0. The molecule has 2 aromatic rings. The van der Waals surface area contributed by atoms with Crippen molar-refractivity contribution in [2.24, 2.45) is 0 Å². The highest BCUT2D eigenvalue weighted by molar-refractivity contribution is 7.12. The van der Waals surface area contributed by atoms with E-state index < -0.39 is 0 Å². The molecule has 0 aliphatic rings. The Bertz CT molecular complexity index is 659. The lowest BCUT2D eigenvalue weighted by molar-refractivity contribution is 0.0846. The van der Waals surface area contributed by atoms with Crippen molar-refractivity contribution >= 4 is 23.2 Å². The topological polar surface area (TPSA) is 58.2 Å². The summed E-state index contributed by atoms with van der Waals surface area (Å²) < 4.78 is 0. The fraction of sp³-hybridized carbons (Fsp3) is 0.250. The molecule has 0 saturated carbocycles. The van der Waals surface area contributed by atoms with Crippen molar-refractivity contribution in [1.82, 2.24) is 10.9 Å². The second-order valence-corrected chi connectivity index (χ2v) is 6.25. The van der Waals surface area contributed by atoms with Crippen molar-refractivity contribution in [3.05, 3.63) is 56.8 Å². The molecule has 4 nitrogen and oxygen atoms in total. The molecule has 0 atom stereocenters. The fourth-order valence-corrected chi connectivity index (χ4v) is 2.92. The highest BCUT2D eigenvalue weighted by Crippen LogP contribution is 2.20. The van der Waals surface area contributed by atoms with Crippen LogP contribution in [0.1, 0.15) is 43.0 Å². The highest BCUT2D eigenvalue weighted by atomic mass is 32.1. The van der Waals surface area contributed by atoms with E-state index >= 15 is 0 Å². The van der Waals surface area contributed by atoms with Crippen molar-refractivity contribution < 1.29 is 9.59 Å². The van der Waals surface area contributed by atoms with Crippen LogP contribution in [0.4, 0.5) is 0 Å². The Balaban J connectivity index is 1.97. The number of hydrogen-bond donors (Lipinski definition) is 2. The predicted molar refractivity (Wildman–Crippen MR) is 84.5 cm³/mol. The average molecular weight is 302 g/mol. The van der Waals surface area contributed by atoms with Gasteiger partial charge in [0.25, 0.3) is 11.8 Å². The van der Waals surface area contributed by atoms with Crippen LogP contribution in [0.5, 0.6) is 0 Å². The number of carbonyl (C=O) groups excluding carboxylic acids is 2. The third-order valence-corrected chi connectivity index (χ3v) is 4.17. The first-order chi connectivity index (χ1) is 10.0. The summed E-state index contributed by atoms with van der Waals surface area (Å²) in [7, 11) is 0. The molecule has 0 bridgehead atoms. The van der Waals surface area contributed by atoms with Crippen LogP contribution in [0.25, 0.3) is 0 Å². The van der Waals surface area contributed by atoms with Gasteiger partial charge in [-0.15, -0.1) is 11.3 Å². The molecule has 2 N–H and O–H groups in total. The van der Waals surface area contributed by atoms with E-state index in [1.54, 1.807) is 23.5 Å². The number of aryl methyl sites for hydroxylation is 3. The van der Waals surface area contributed by atoms with Gasteiger partial charge in [-0.3, -0.25) is 20.4 Å². The second-order valence-electron chi connectivity index (χ2n) is 4.79. The van der Waals surface area contributed by atoms with Gasteiger partial charge in [0.2, 0.25) is 0 Å². The molecule has 2 amide bonds. The first-order valence-corrected chi connectivity index (χ1v) is 7.59. The SMILES string of the molecule is CCc1ccc(C(=O)NNC(=O)c2cc(C)sc2C)cc1. The molecular weight excluding hydrogens is 284 g/mol. The lowest BCUT2D eigenvalue weighted by Crippen LogP contribution is -2.41. The number of hydrogen-bond acceptors (Lipinski definition) is 3. The molecule has 1 heterocycles. The summed E-state index contributed by atoms with van der Waals surface area (Å²) in [5.41, 5.74) is 7.17. The lowest BCUT2D eigenvalue weighted by atomic mass is 10.1. The van der Waals surface area contributed by atoms with Crippen molar-refractivity contribution in [3.8, 4) is 0 Å². The third-order valence-electron chi connectivity index (χ3n) is 3.20. The molecule has 0 aliphatic heterocycles. The Labute approximate surface area is 128 Å². The largest absolute Gasteiger partial charge is 0.270 e. The number of hydrazine groups is 1. The maximum absolute atomic E-state index is 12.0. The number of carbonyl (C=O) groups is 2. The van der Waals surface area contributed by atoms with Crippen LogP contribution in [0.3, 0.4) is 0 Å². The van der Waals surface area contributed by atoms with Crippen LogP contribution >= 0.6 is 11.3 Å². The molecule has 2 rings (SSSR count). The Morgan fingerprint density at radius 3 is 2.19 bits per heavy atom. The molecule has 1 aromatic carbocycles. The Morgan fingerprint density at radius 2 is 1.67 bits per heavy atom. The van der Waals surface area contributed by atoms with Gasteiger partial charge in [-0.05, 0) is 44.0 Å². The number of benzene rings is 1. The van der Waals surface area contributed by atoms with Gasteiger partial charge in [0.05, 0.1) is 5.56 Å². The number of thiophene rings is 1. The Kier molecular flexibility index (Phi) is 4.75. The van der Waals surface area contributed by atoms with Crippen molar-refractivity contribution in [2.75, 3.05) is 0 Å². The molecule has 0 aliphatic carbocycles. The molecule has 0 unspecified atom stereocenters. The summed E-state index contributed by atoms with van der Waals surface area (Å²) in [4.78, 5) is 25.9. The van der Waals surface area contributed by atoms with E-state index in [-0.39, 0.29) is 11.8 Å². The minimum Gasteiger partial charge on any atom is -0.267 e. The second kappa shape index (κ2) is 6.54.